The van der Waals surface area contributed by atoms with E-state index < -0.39 is 0 Å². The van der Waals surface area contributed by atoms with Crippen LogP contribution in [0.1, 0.15) is 11.1 Å². The summed E-state index contributed by atoms with van der Waals surface area (Å²) in [5.41, 5.74) is 8.68. The summed E-state index contributed by atoms with van der Waals surface area (Å²) in [5, 5.41) is 8.96. The van der Waals surface area contributed by atoms with Crippen LogP contribution in [-0.4, -0.2) is 0 Å². The predicted octanol–water partition coefficient (Wildman–Crippen LogP) is 14.2. The minimum Gasteiger partial charge on any atom is -0.456 e. The van der Waals surface area contributed by atoms with Gasteiger partial charge in [-0.05, 0) is 88.2 Å². The number of hydrogen-bond donors (Lipinski definition) is 0. The summed E-state index contributed by atoms with van der Waals surface area (Å²) in [5.74, 6) is 0. The van der Waals surface area contributed by atoms with E-state index in [0.717, 1.165) is 93.5 Å². The van der Waals surface area contributed by atoms with Crippen LogP contribution in [0.4, 0.5) is 5.69 Å². The third-order valence-electron chi connectivity index (χ3n) is 9.85. The lowest BCUT2D eigenvalue weighted by molar-refractivity contribution is 0.669. The van der Waals surface area contributed by atoms with Crippen LogP contribution in [0.25, 0.3) is 77.1 Å². The SMILES string of the molecule is C=C/C=C\C(=C\c1ccc2oc3c4ccccc4ccc3c2c1)N(/C=C/C=C(\C=C)c1ccc2oc3ccccc3c2c1)c1cccc2ccccc12. The van der Waals surface area contributed by atoms with Crippen molar-refractivity contribution in [1.82, 2.24) is 0 Å². The smallest absolute Gasteiger partial charge is 0.143 e. The van der Waals surface area contributed by atoms with E-state index in [2.05, 4.69) is 164 Å². The normalized spacial score (nSPS) is 12.8. The molecule has 7 aromatic carbocycles. The highest BCUT2D eigenvalue weighted by molar-refractivity contribution is 6.15. The highest BCUT2D eigenvalue weighted by Gasteiger charge is 2.14. The largest absolute Gasteiger partial charge is 0.456 e. The van der Waals surface area contributed by atoms with E-state index in [4.69, 9.17) is 8.83 Å². The Morgan fingerprint density at radius 2 is 1.25 bits per heavy atom. The predicted molar refractivity (Wildman–Crippen MR) is 226 cm³/mol. The molecular weight excluding hydrogens is 647 g/mol. The quantitative estimate of drug-likeness (QED) is 0.142. The fourth-order valence-electron chi connectivity index (χ4n) is 7.29. The van der Waals surface area contributed by atoms with E-state index in [-0.39, 0.29) is 0 Å². The van der Waals surface area contributed by atoms with Crippen molar-refractivity contribution in [2.45, 2.75) is 0 Å². The van der Waals surface area contributed by atoms with Crippen molar-refractivity contribution in [1.29, 1.82) is 0 Å². The molecule has 0 aliphatic rings. The van der Waals surface area contributed by atoms with E-state index in [9.17, 15) is 0 Å². The monoisotopic (exact) mass is 681 g/mol. The van der Waals surface area contributed by atoms with Gasteiger partial charge in [0, 0.05) is 44.2 Å². The van der Waals surface area contributed by atoms with Gasteiger partial charge < -0.3 is 13.7 Å². The molecule has 9 aromatic rings. The number of rotatable bonds is 9. The number of furan rings is 2. The Morgan fingerprint density at radius 3 is 2.09 bits per heavy atom. The molecule has 0 amide bonds. The molecule has 0 aliphatic carbocycles. The van der Waals surface area contributed by atoms with Gasteiger partial charge in [0.15, 0.2) is 0 Å². The molecule has 3 nitrogen and oxygen atoms in total. The molecule has 0 aliphatic heterocycles. The summed E-state index contributed by atoms with van der Waals surface area (Å²) in [6, 6.07) is 48.5. The second-order valence-electron chi connectivity index (χ2n) is 13.0. The van der Waals surface area contributed by atoms with E-state index in [1.807, 2.05) is 42.5 Å². The molecule has 0 bridgehead atoms. The number of allylic oxidation sites excluding steroid dienone is 7. The minimum atomic E-state index is 0.867. The molecule has 2 aromatic heterocycles. The summed E-state index contributed by atoms with van der Waals surface area (Å²) in [4.78, 5) is 2.23. The molecule has 0 atom stereocenters. The van der Waals surface area contributed by atoms with Crippen molar-refractivity contribution < 1.29 is 8.83 Å². The molecule has 0 spiro atoms. The lowest BCUT2D eigenvalue weighted by Gasteiger charge is -2.24. The Hall–Kier alpha value is -7.10. The maximum atomic E-state index is 6.43. The molecule has 9 rings (SSSR count). The van der Waals surface area contributed by atoms with Crippen LogP contribution in [0.15, 0.2) is 210 Å². The van der Waals surface area contributed by atoms with Crippen LogP contribution in [0, 0.1) is 0 Å². The standard InChI is InChI=1S/C50H35NO2/c1-3-5-18-39(31-34-24-28-49-44(32-34)43-27-25-37-15-7-9-20-41(37)50(43)53-49)51(46-22-12-16-36-14-6-8-19-40(36)46)30-13-17-35(4-2)38-26-29-48-45(33-38)42-21-10-11-23-47(42)52-48/h3-33H,1-2H2/b18-5-,30-13+,35-17+,39-31-. The van der Waals surface area contributed by atoms with E-state index in [0.29, 0.717) is 0 Å². The van der Waals surface area contributed by atoms with Gasteiger partial charge in [-0.1, -0.05) is 135 Å². The van der Waals surface area contributed by atoms with Crippen LogP contribution < -0.4 is 4.90 Å². The Bertz CT molecular complexity index is 2990. The second-order valence-corrected chi connectivity index (χ2v) is 13.0. The lowest BCUT2D eigenvalue weighted by atomic mass is 10.0. The van der Waals surface area contributed by atoms with Crippen LogP contribution in [0.3, 0.4) is 0 Å². The van der Waals surface area contributed by atoms with Crippen molar-refractivity contribution >= 4 is 82.8 Å². The van der Waals surface area contributed by atoms with E-state index >= 15 is 0 Å². The highest BCUT2D eigenvalue weighted by atomic mass is 16.3. The van der Waals surface area contributed by atoms with Gasteiger partial charge in [0.1, 0.15) is 22.3 Å². The van der Waals surface area contributed by atoms with Crippen molar-refractivity contribution in [3.8, 4) is 0 Å². The first-order chi connectivity index (χ1) is 26.2. The third-order valence-corrected chi connectivity index (χ3v) is 9.85. The molecule has 3 heteroatoms. The van der Waals surface area contributed by atoms with Crippen molar-refractivity contribution in [3.63, 3.8) is 0 Å². The zero-order chi connectivity index (χ0) is 35.7. The van der Waals surface area contributed by atoms with Gasteiger partial charge in [-0.25, -0.2) is 0 Å². The molecule has 0 saturated heterocycles. The van der Waals surface area contributed by atoms with Gasteiger partial charge in [-0.2, -0.15) is 0 Å². The zero-order valence-corrected chi connectivity index (χ0v) is 29.1. The Morgan fingerprint density at radius 1 is 0.547 bits per heavy atom. The Labute approximate surface area is 307 Å². The average Bonchev–Trinajstić information content (AvgIpc) is 3.77. The first-order valence-corrected chi connectivity index (χ1v) is 17.7. The fraction of sp³-hybridized carbons (Fsp3) is 0. The second kappa shape index (κ2) is 13.6. The van der Waals surface area contributed by atoms with Gasteiger partial charge in [-0.3, -0.25) is 0 Å². The molecular formula is C50H35NO2. The molecule has 0 saturated carbocycles. The lowest BCUT2D eigenvalue weighted by Crippen LogP contribution is -2.14. The maximum absolute atomic E-state index is 6.43. The minimum absolute atomic E-state index is 0.867. The summed E-state index contributed by atoms with van der Waals surface area (Å²) >= 11 is 0. The maximum Gasteiger partial charge on any atom is 0.143 e. The van der Waals surface area contributed by atoms with E-state index in [1.165, 1.54) is 0 Å². The van der Waals surface area contributed by atoms with Crippen LogP contribution in [0.5, 0.6) is 0 Å². The third kappa shape index (κ3) is 5.85. The first-order valence-electron chi connectivity index (χ1n) is 17.7. The molecule has 2 heterocycles. The van der Waals surface area contributed by atoms with Crippen LogP contribution >= 0.6 is 0 Å². The highest BCUT2D eigenvalue weighted by Crippen LogP contribution is 2.36. The summed E-state index contributed by atoms with van der Waals surface area (Å²) in [7, 11) is 0. The van der Waals surface area contributed by atoms with Crippen molar-refractivity contribution in [2.75, 3.05) is 4.90 Å². The zero-order valence-electron chi connectivity index (χ0n) is 29.1. The molecule has 0 radical (unpaired) electrons. The topological polar surface area (TPSA) is 29.5 Å². The number of anilines is 1. The van der Waals surface area contributed by atoms with E-state index in [1.54, 1.807) is 0 Å². The van der Waals surface area contributed by atoms with Crippen LogP contribution in [0.2, 0.25) is 0 Å². The van der Waals surface area contributed by atoms with Gasteiger partial charge in [0.25, 0.3) is 0 Å². The summed E-state index contributed by atoms with van der Waals surface area (Å²) in [6.07, 6.45) is 16.3. The Balaban J connectivity index is 1.17. The number of fused-ring (bicyclic) bond motifs is 9. The average molecular weight is 682 g/mol. The summed E-state index contributed by atoms with van der Waals surface area (Å²) < 4.78 is 12.5. The molecule has 0 N–H and O–H groups in total. The molecule has 53 heavy (non-hydrogen) atoms. The molecule has 0 unspecified atom stereocenters. The molecule has 0 fully saturated rings. The summed E-state index contributed by atoms with van der Waals surface area (Å²) in [6.45, 7) is 8.16. The van der Waals surface area contributed by atoms with Crippen molar-refractivity contribution in [2.24, 2.45) is 0 Å². The van der Waals surface area contributed by atoms with Gasteiger partial charge in [0.05, 0.1) is 5.69 Å². The van der Waals surface area contributed by atoms with Gasteiger partial charge >= 0.3 is 0 Å². The number of hydrogen-bond acceptors (Lipinski definition) is 3. The van der Waals surface area contributed by atoms with Crippen LogP contribution in [-0.2, 0) is 0 Å². The van der Waals surface area contributed by atoms with Gasteiger partial charge in [0.2, 0.25) is 0 Å². The first kappa shape index (κ1) is 31.9. The number of nitrogens with zero attached hydrogens (tertiary/aromatic N) is 1. The number of para-hydroxylation sites is 1. The Kier molecular flexibility index (Phi) is 8.15. The van der Waals surface area contributed by atoms with Gasteiger partial charge in [-0.15, -0.1) is 0 Å². The fourth-order valence-corrected chi connectivity index (χ4v) is 7.29. The number of benzene rings is 7. The molecule has 252 valence electrons. The van der Waals surface area contributed by atoms with Crippen molar-refractivity contribution in [3.05, 3.63) is 212 Å².